The summed E-state index contributed by atoms with van der Waals surface area (Å²) in [5.74, 6) is 1.11. The molecule has 1 aromatic rings. The zero-order chi connectivity index (χ0) is 7.84. The molecule has 3 heteroatoms. The van der Waals surface area contributed by atoms with E-state index in [4.69, 9.17) is 17.3 Å². The standard InChI is InChI=1S/C8H8ClNS/c9-6-1-2-7(10)5-3-4-11-8(5)6/h1-2H,3-4,10H2. The molecule has 1 aliphatic rings. The molecule has 2 rings (SSSR count). The SMILES string of the molecule is Nc1ccc(Cl)c2c1CCS2. The highest BCUT2D eigenvalue weighted by Gasteiger charge is 2.16. The van der Waals surface area contributed by atoms with E-state index in [-0.39, 0.29) is 0 Å². The van der Waals surface area contributed by atoms with Crippen molar-refractivity contribution in [3.05, 3.63) is 22.7 Å². The van der Waals surface area contributed by atoms with Crippen LogP contribution in [0.4, 0.5) is 5.69 Å². The first-order chi connectivity index (χ1) is 5.29. The molecule has 0 unspecified atom stereocenters. The number of benzene rings is 1. The summed E-state index contributed by atoms with van der Waals surface area (Å²) < 4.78 is 0. The normalized spacial score (nSPS) is 15.0. The van der Waals surface area contributed by atoms with Crippen LogP contribution in [0.5, 0.6) is 0 Å². The Balaban J connectivity index is 2.64. The number of nitrogens with two attached hydrogens (primary N) is 1. The maximum Gasteiger partial charge on any atom is 0.0546 e. The maximum atomic E-state index is 5.97. The Morgan fingerprint density at radius 2 is 2.27 bits per heavy atom. The number of fused-ring (bicyclic) bond motifs is 1. The number of anilines is 1. The molecule has 0 fully saturated rings. The minimum Gasteiger partial charge on any atom is -0.398 e. The van der Waals surface area contributed by atoms with Crippen molar-refractivity contribution in [3.8, 4) is 0 Å². The molecule has 0 atom stereocenters. The summed E-state index contributed by atoms with van der Waals surface area (Å²) in [6, 6.07) is 3.75. The highest BCUT2D eigenvalue weighted by molar-refractivity contribution is 7.99. The summed E-state index contributed by atoms with van der Waals surface area (Å²) in [6.07, 6.45) is 1.06. The molecule has 0 saturated heterocycles. The Labute approximate surface area is 74.9 Å². The van der Waals surface area contributed by atoms with Crippen LogP contribution in [-0.2, 0) is 6.42 Å². The van der Waals surface area contributed by atoms with Crippen molar-refractivity contribution in [3.63, 3.8) is 0 Å². The number of nitrogen functional groups attached to an aromatic ring is 1. The summed E-state index contributed by atoms with van der Waals surface area (Å²) >= 11 is 7.76. The molecule has 0 aromatic heterocycles. The topological polar surface area (TPSA) is 26.0 Å². The van der Waals surface area contributed by atoms with Gasteiger partial charge in [0.1, 0.15) is 0 Å². The van der Waals surface area contributed by atoms with Crippen molar-refractivity contribution in [2.75, 3.05) is 11.5 Å². The zero-order valence-electron chi connectivity index (χ0n) is 5.93. The molecule has 0 aliphatic carbocycles. The smallest absolute Gasteiger partial charge is 0.0546 e. The van der Waals surface area contributed by atoms with Crippen molar-refractivity contribution in [2.24, 2.45) is 0 Å². The molecular formula is C8H8ClNS. The third-order valence-electron chi connectivity index (χ3n) is 1.85. The molecule has 11 heavy (non-hydrogen) atoms. The fraction of sp³-hybridized carbons (Fsp3) is 0.250. The summed E-state index contributed by atoms with van der Waals surface area (Å²) in [7, 11) is 0. The van der Waals surface area contributed by atoms with Gasteiger partial charge in [0.05, 0.1) is 5.02 Å². The van der Waals surface area contributed by atoms with Crippen LogP contribution in [0.25, 0.3) is 0 Å². The lowest BCUT2D eigenvalue weighted by Crippen LogP contribution is -1.92. The second-order valence-electron chi connectivity index (χ2n) is 2.54. The fourth-order valence-corrected chi connectivity index (χ4v) is 2.73. The van der Waals surface area contributed by atoms with Gasteiger partial charge in [0, 0.05) is 16.3 Å². The van der Waals surface area contributed by atoms with Crippen molar-refractivity contribution < 1.29 is 0 Å². The van der Waals surface area contributed by atoms with Crippen molar-refractivity contribution in [1.29, 1.82) is 0 Å². The van der Waals surface area contributed by atoms with Gasteiger partial charge in [0.2, 0.25) is 0 Å². The molecular weight excluding hydrogens is 178 g/mol. The van der Waals surface area contributed by atoms with Gasteiger partial charge in [-0.1, -0.05) is 11.6 Å². The molecule has 0 spiro atoms. The molecule has 0 amide bonds. The Hall–Kier alpha value is -0.340. The second-order valence-corrected chi connectivity index (χ2v) is 4.06. The van der Waals surface area contributed by atoms with Gasteiger partial charge < -0.3 is 5.73 Å². The molecule has 1 aliphatic heterocycles. The third-order valence-corrected chi connectivity index (χ3v) is 3.44. The first-order valence-corrected chi connectivity index (χ1v) is 4.85. The molecule has 1 nitrogen and oxygen atoms in total. The van der Waals surface area contributed by atoms with E-state index in [1.165, 1.54) is 10.5 Å². The van der Waals surface area contributed by atoms with E-state index in [0.717, 1.165) is 22.9 Å². The van der Waals surface area contributed by atoms with Gasteiger partial charge in [-0.25, -0.2) is 0 Å². The predicted molar refractivity (Wildman–Crippen MR) is 50.3 cm³/mol. The maximum absolute atomic E-state index is 5.97. The van der Waals surface area contributed by atoms with E-state index in [9.17, 15) is 0 Å². The van der Waals surface area contributed by atoms with E-state index in [0.29, 0.717) is 0 Å². The van der Waals surface area contributed by atoms with Gasteiger partial charge in [0.15, 0.2) is 0 Å². The monoisotopic (exact) mass is 185 g/mol. The second kappa shape index (κ2) is 2.61. The quantitative estimate of drug-likeness (QED) is 0.629. The van der Waals surface area contributed by atoms with Gasteiger partial charge in [-0.3, -0.25) is 0 Å². The van der Waals surface area contributed by atoms with Gasteiger partial charge in [0.25, 0.3) is 0 Å². The van der Waals surface area contributed by atoms with Gasteiger partial charge >= 0.3 is 0 Å². The molecule has 1 aromatic carbocycles. The summed E-state index contributed by atoms with van der Waals surface area (Å²) in [6.45, 7) is 0. The van der Waals surface area contributed by atoms with Gasteiger partial charge in [-0.2, -0.15) is 0 Å². The minimum atomic E-state index is 0.844. The van der Waals surface area contributed by atoms with E-state index >= 15 is 0 Å². The van der Waals surface area contributed by atoms with E-state index in [1.807, 2.05) is 12.1 Å². The number of rotatable bonds is 0. The lowest BCUT2D eigenvalue weighted by Gasteiger charge is -2.03. The van der Waals surface area contributed by atoms with Crippen LogP contribution in [0.3, 0.4) is 0 Å². The van der Waals surface area contributed by atoms with Crippen LogP contribution in [0, 0.1) is 0 Å². The van der Waals surface area contributed by atoms with Crippen molar-refractivity contribution in [1.82, 2.24) is 0 Å². The average molecular weight is 186 g/mol. The van der Waals surface area contributed by atoms with Crippen LogP contribution in [0.1, 0.15) is 5.56 Å². The zero-order valence-corrected chi connectivity index (χ0v) is 7.50. The molecule has 0 bridgehead atoms. The number of hydrogen-bond acceptors (Lipinski definition) is 2. The van der Waals surface area contributed by atoms with E-state index in [1.54, 1.807) is 11.8 Å². The van der Waals surface area contributed by atoms with Gasteiger partial charge in [-0.15, -0.1) is 11.8 Å². The summed E-state index contributed by atoms with van der Waals surface area (Å²) in [4.78, 5) is 1.19. The van der Waals surface area contributed by atoms with Crippen LogP contribution in [0.2, 0.25) is 5.02 Å². The highest BCUT2D eigenvalue weighted by atomic mass is 35.5. The number of thioether (sulfide) groups is 1. The number of hydrogen-bond donors (Lipinski definition) is 1. The molecule has 2 N–H and O–H groups in total. The Morgan fingerprint density at radius 1 is 1.45 bits per heavy atom. The van der Waals surface area contributed by atoms with Crippen molar-refractivity contribution in [2.45, 2.75) is 11.3 Å². The van der Waals surface area contributed by atoms with Crippen LogP contribution in [0.15, 0.2) is 17.0 Å². The van der Waals surface area contributed by atoms with Crippen LogP contribution >= 0.6 is 23.4 Å². The van der Waals surface area contributed by atoms with Crippen molar-refractivity contribution >= 4 is 29.1 Å². The van der Waals surface area contributed by atoms with Gasteiger partial charge in [-0.05, 0) is 24.1 Å². The fourth-order valence-electron chi connectivity index (χ4n) is 1.28. The third kappa shape index (κ3) is 1.10. The van der Waals surface area contributed by atoms with Crippen LogP contribution < -0.4 is 5.73 Å². The molecule has 0 saturated carbocycles. The summed E-state index contributed by atoms with van der Waals surface area (Å²) in [5.41, 5.74) is 7.89. The Morgan fingerprint density at radius 3 is 3.00 bits per heavy atom. The predicted octanol–water partition coefficient (Wildman–Crippen LogP) is 2.57. The first kappa shape index (κ1) is 7.32. The highest BCUT2D eigenvalue weighted by Crippen LogP contribution is 2.39. The largest absolute Gasteiger partial charge is 0.398 e. The number of halogens is 1. The Bertz CT molecular complexity index is 269. The van der Waals surface area contributed by atoms with Crippen LogP contribution in [-0.4, -0.2) is 5.75 Å². The minimum absolute atomic E-state index is 0.844. The lowest BCUT2D eigenvalue weighted by atomic mass is 10.1. The first-order valence-electron chi connectivity index (χ1n) is 3.48. The molecule has 58 valence electrons. The Kier molecular flexibility index (Phi) is 1.74. The molecule has 0 radical (unpaired) electrons. The van der Waals surface area contributed by atoms with E-state index < -0.39 is 0 Å². The molecule has 1 heterocycles. The summed E-state index contributed by atoms with van der Waals surface area (Å²) in [5, 5.41) is 0.844. The van der Waals surface area contributed by atoms with E-state index in [2.05, 4.69) is 0 Å². The lowest BCUT2D eigenvalue weighted by molar-refractivity contribution is 1.15. The average Bonchev–Trinajstić information content (AvgIpc) is 2.45.